The molecule has 1 rings (SSSR count). The number of halogens is 3. The van der Waals surface area contributed by atoms with Crippen LogP contribution in [0.4, 0.5) is 8.78 Å². The van der Waals surface area contributed by atoms with Crippen LogP contribution in [0.1, 0.15) is 5.56 Å². The van der Waals surface area contributed by atoms with E-state index in [1.165, 1.54) is 6.07 Å². The molecule has 0 bridgehead atoms. The summed E-state index contributed by atoms with van der Waals surface area (Å²) in [6.45, 7) is 1.10. The van der Waals surface area contributed by atoms with Gasteiger partial charge in [-0.15, -0.1) is 11.6 Å². The van der Waals surface area contributed by atoms with Gasteiger partial charge in [-0.2, -0.15) is 0 Å². The van der Waals surface area contributed by atoms with Gasteiger partial charge in [-0.05, 0) is 11.6 Å². The van der Waals surface area contributed by atoms with E-state index < -0.39 is 11.6 Å². The molecule has 0 atom stereocenters. The van der Waals surface area contributed by atoms with Crippen molar-refractivity contribution in [2.45, 2.75) is 6.42 Å². The van der Waals surface area contributed by atoms with Gasteiger partial charge in [-0.3, -0.25) is 4.79 Å². The number of rotatable bonds is 7. The fourth-order valence-electron chi connectivity index (χ4n) is 1.32. The third-order valence-electron chi connectivity index (χ3n) is 2.16. The number of amides is 1. The second-order valence-corrected chi connectivity index (χ2v) is 3.94. The van der Waals surface area contributed by atoms with E-state index >= 15 is 0 Å². The van der Waals surface area contributed by atoms with Gasteiger partial charge in [0.1, 0.15) is 11.6 Å². The van der Waals surface area contributed by atoms with Crippen molar-refractivity contribution in [2.75, 3.05) is 25.6 Å². The largest absolute Gasteiger partial charge is 0.378 e. The maximum absolute atomic E-state index is 13.2. The molecule has 1 amide bonds. The van der Waals surface area contributed by atoms with E-state index in [0.29, 0.717) is 25.6 Å². The van der Waals surface area contributed by atoms with Crippen LogP contribution in [0.2, 0.25) is 0 Å². The Kier molecular flexibility index (Phi) is 6.60. The molecular weight excluding hydrogens is 264 g/mol. The molecule has 0 spiro atoms. The molecule has 0 aliphatic carbocycles. The SMILES string of the molecule is O=C(Cc1ccc(F)cc1F)NCCOCCCl. The van der Waals surface area contributed by atoms with Crippen LogP contribution < -0.4 is 5.32 Å². The second kappa shape index (κ2) is 8.00. The molecule has 0 aromatic heterocycles. The zero-order chi connectivity index (χ0) is 13.4. The average molecular weight is 278 g/mol. The predicted molar refractivity (Wildman–Crippen MR) is 64.6 cm³/mol. The van der Waals surface area contributed by atoms with Crippen molar-refractivity contribution in [1.82, 2.24) is 5.32 Å². The molecule has 0 unspecified atom stereocenters. The van der Waals surface area contributed by atoms with E-state index in [-0.39, 0.29) is 17.9 Å². The summed E-state index contributed by atoms with van der Waals surface area (Å²) in [6.07, 6.45) is -0.123. The molecule has 0 saturated heterocycles. The highest BCUT2D eigenvalue weighted by Gasteiger charge is 2.08. The quantitative estimate of drug-likeness (QED) is 0.610. The van der Waals surface area contributed by atoms with Crippen LogP contribution in [0.3, 0.4) is 0 Å². The Morgan fingerprint density at radius 1 is 1.33 bits per heavy atom. The minimum atomic E-state index is -0.719. The summed E-state index contributed by atoms with van der Waals surface area (Å²) < 4.78 is 30.9. The molecule has 0 aliphatic rings. The topological polar surface area (TPSA) is 38.3 Å². The van der Waals surface area contributed by atoms with Gasteiger partial charge in [0.2, 0.25) is 5.91 Å². The number of carbonyl (C=O) groups excluding carboxylic acids is 1. The fourth-order valence-corrected chi connectivity index (χ4v) is 1.43. The first-order chi connectivity index (χ1) is 8.63. The highest BCUT2D eigenvalue weighted by atomic mass is 35.5. The summed E-state index contributed by atoms with van der Waals surface area (Å²) >= 11 is 5.40. The standard InChI is InChI=1S/C12H14ClF2NO2/c13-3-5-18-6-4-16-12(17)7-9-1-2-10(14)8-11(9)15/h1-2,8H,3-7H2,(H,16,17). The summed E-state index contributed by atoms with van der Waals surface area (Å²) in [7, 11) is 0. The molecule has 1 aromatic rings. The van der Waals surface area contributed by atoms with Crippen LogP contribution >= 0.6 is 11.6 Å². The molecule has 1 N–H and O–H groups in total. The van der Waals surface area contributed by atoms with Crippen molar-refractivity contribution < 1.29 is 18.3 Å². The first-order valence-corrected chi connectivity index (χ1v) is 6.01. The highest BCUT2D eigenvalue weighted by Crippen LogP contribution is 2.09. The predicted octanol–water partition coefficient (Wildman–Crippen LogP) is 1.88. The molecule has 3 nitrogen and oxygen atoms in total. The molecule has 0 aliphatic heterocycles. The number of benzene rings is 1. The van der Waals surface area contributed by atoms with Gasteiger partial charge in [0.15, 0.2) is 0 Å². The smallest absolute Gasteiger partial charge is 0.224 e. The summed E-state index contributed by atoms with van der Waals surface area (Å²) in [4.78, 5) is 11.4. The maximum Gasteiger partial charge on any atom is 0.224 e. The minimum Gasteiger partial charge on any atom is -0.378 e. The van der Waals surface area contributed by atoms with Crippen LogP contribution in [-0.4, -0.2) is 31.5 Å². The Labute approximate surface area is 109 Å². The molecule has 0 fully saturated rings. The van der Waals surface area contributed by atoms with Crippen molar-refractivity contribution in [3.63, 3.8) is 0 Å². The highest BCUT2D eigenvalue weighted by molar-refractivity contribution is 6.17. The van der Waals surface area contributed by atoms with Gasteiger partial charge in [-0.25, -0.2) is 8.78 Å². The van der Waals surface area contributed by atoms with Crippen LogP contribution in [-0.2, 0) is 16.0 Å². The zero-order valence-corrected chi connectivity index (χ0v) is 10.5. The molecule has 0 radical (unpaired) electrons. The molecule has 18 heavy (non-hydrogen) atoms. The Morgan fingerprint density at radius 3 is 2.78 bits per heavy atom. The van der Waals surface area contributed by atoms with Crippen LogP contribution in [0.25, 0.3) is 0 Å². The minimum absolute atomic E-state index is 0.123. The average Bonchev–Trinajstić information content (AvgIpc) is 2.32. The summed E-state index contributed by atoms with van der Waals surface area (Å²) in [6, 6.07) is 3.13. The third-order valence-corrected chi connectivity index (χ3v) is 2.31. The van der Waals surface area contributed by atoms with Gasteiger partial charge in [0.05, 0.1) is 19.6 Å². The number of hydrogen-bond donors (Lipinski definition) is 1. The fraction of sp³-hybridized carbons (Fsp3) is 0.417. The summed E-state index contributed by atoms with van der Waals surface area (Å²) in [5.74, 6) is -1.32. The van der Waals surface area contributed by atoms with E-state index in [4.69, 9.17) is 16.3 Å². The number of alkyl halides is 1. The first kappa shape index (κ1) is 14.9. The lowest BCUT2D eigenvalue weighted by Crippen LogP contribution is -2.29. The van der Waals surface area contributed by atoms with E-state index in [0.717, 1.165) is 12.1 Å². The molecular formula is C12H14ClF2NO2. The third kappa shape index (κ3) is 5.42. The number of ether oxygens (including phenoxy) is 1. The first-order valence-electron chi connectivity index (χ1n) is 5.48. The maximum atomic E-state index is 13.2. The molecule has 0 saturated carbocycles. The van der Waals surface area contributed by atoms with Crippen molar-refractivity contribution in [2.24, 2.45) is 0 Å². The lowest BCUT2D eigenvalue weighted by molar-refractivity contribution is -0.120. The number of nitrogens with one attached hydrogen (secondary N) is 1. The lowest BCUT2D eigenvalue weighted by Gasteiger charge is -2.06. The normalized spacial score (nSPS) is 10.4. The monoisotopic (exact) mass is 277 g/mol. The summed E-state index contributed by atoms with van der Waals surface area (Å²) in [5, 5.41) is 2.56. The van der Waals surface area contributed by atoms with Gasteiger partial charge in [0.25, 0.3) is 0 Å². The van der Waals surface area contributed by atoms with Crippen LogP contribution in [0.5, 0.6) is 0 Å². The Bertz CT molecular complexity index is 402. The summed E-state index contributed by atoms with van der Waals surface area (Å²) in [5.41, 5.74) is 0.163. The van der Waals surface area contributed by atoms with Crippen molar-refractivity contribution >= 4 is 17.5 Å². The molecule has 1 aromatic carbocycles. The van der Waals surface area contributed by atoms with Gasteiger partial charge in [-0.1, -0.05) is 6.07 Å². The van der Waals surface area contributed by atoms with Crippen LogP contribution in [0.15, 0.2) is 18.2 Å². The Hall–Kier alpha value is -1.20. The van der Waals surface area contributed by atoms with E-state index in [1.807, 2.05) is 0 Å². The van der Waals surface area contributed by atoms with E-state index in [1.54, 1.807) is 0 Å². The molecule has 0 heterocycles. The lowest BCUT2D eigenvalue weighted by atomic mass is 10.1. The van der Waals surface area contributed by atoms with Gasteiger partial charge < -0.3 is 10.1 Å². The van der Waals surface area contributed by atoms with Crippen LogP contribution in [0, 0.1) is 11.6 Å². The van der Waals surface area contributed by atoms with E-state index in [9.17, 15) is 13.6 Å². The van der Waals surface area contributed by atoms with E-state index in [2.05, 4.69) is 5.32 Å². The van der Waals surface area contributed by atoms with Gasteiger partial charge >= 0.3 is 0 Å². The zero-order valence-electron chi connectivity index (χ0n) is 9.72. The molecule has 100 valence electrons. The van der Waals surface area contributed by atoms with Gasteiger partial charge in [0, 0.05) is 18.5 Å². The number of carbonyl (C=O) groups is 1. The van der Waals surface area contributed by atoms with Crippen molar-refractivity contribution in [3.05, 3.63) is 35.4 Å². The Morgan fingerprint density at radius 2 is 2.11 bits per heavy atom. The van der Waals surface area contributed by atoms with Crippen molar-refractivity contribution in [1.29, 1.82) is 0 Å². The Balaban J connectivity index is 2.31. The number of hydrogen-bond acceptors (Lipinski definition) is 2. The second-order valence-electron chi connectivity index (χ2n) is 3.56. The molecule has 6 heteroatoms. The van der Waals surface area contributed by atoms with Crippen molar-refractivity contribution in [3.8, 4) is 0 Å².